The average molecular weight is 519 g/mol. The molecule has 2 aromatic carbocycles. The molecule has 0 spiro atoms. The van der Waals surface area contributed by atoms with Crippen molar-refractivity contribution in [2.45, 2.75) is 81.8 Å². The summed E-state index contributed by atoms with van der Waals surface area (Å²) in [4.78, 5) is 17.8. The summed E-state index contributed by atoms with van der Waals surface area (Å²) in [5.41, 5.74) is 2.49. The van der Waals surface area contributed by atoms with E-state index in [4.69, 9.17) is 4.74 Å². The van der Waals surface area contributed by atoms with Gasteiger partial charge in [-0.05, 0) is 87.1 Å². The number of methoxy groups -OCH3 is 1. The Labute approximate surface area is 229 Å². The Bertz CT molecular complexity index is 1060. The van der Waals surface area contributed by atoms with Gasteiger partial charge in [-0.2, -0.15) is 0 Å². The fraction of sp³-hybridized carbons (Fsp3) is 0.606. The Hall–Kier alpha value is -2.37. The normalized spacial score (nSPS) is 27.5. The lowest BCUT2D eigenvalue weighted by molar-refractivity contribution is -0.136. The summed E-state index contributed by atoms with van der Waals surface area (Å²) in [6, 6.07) is 19.1. The van der Waals surface area contributed by atoms with Gasteiger partial charge in [0.2, 0.25) is 5.91 Å². The van der Waals surface area contributed by atoms with Gasteiger partial charge in [-0.1, -0.05) is 48.9 Å². The quantitative estimate of drug-likeness (QED) is 0.402. The van der Waals surface area contributed by atoms with Crippen LogP contribution in [0.25, 0.3) is 0 Å². The van der Waals surface area contributed by atoms with Gasteiger partial charge in [-0.15, -0.1) is 0 Å². The monoisotopic (exact) mass is 518 g/mol. The number of fused-ring (bicyclic) bond motifs is 1. The number of ether oxygens (including phenoxy) is 1. The molecule has 5 rings (SSSR count). The molecule has 3 aliphatic rings. The first-order valence-electron chi connectivity index (χ1n) is 14.8. The number of benzene rings is 2. The minimum atomic E-state index is -0.414. The van der Waals surface area contributed by atoms with Crippen molar-refractivity contribution in [1.29, 1.82) is 0 Å². The molecule has 38 heavy (non-hydrogen) atoms. The lowest BCUT2D eigenvalue weighted by Crippen LogP contribution is -2.61. The Morgan fingerprint density at radius 1 is 1.11 bits per heavy atom. The van der Waals surface area contributed by atoms with Crippen LogP contribution in [0, 0.1) is 11.8 Å². The molecule has 206 valence electrons. The second kappa shape index (κ2) is 12.2. The maximum absolute atomic E-state index is 13.3. The molecule has 1 amide bonds. The molecule has 0 aromatic heterocycles. The zero-order chi connectivity index (χ0) is 26.5. The number of carbonyl (C=O) groups is 1. The minimum absolute atomic E-state index is 0.0549. The molecule has 1 aliphatic heterocycles. The van der Waals surface area contributed by atoms with E-state index in [0.29, 0.717) is 12.8 Å². The van der Waals surface area contributed by atoms with Crippen LogP contribution in [-0.2, 0) is 16.6 Å². The Morgan fingerprint density at radius 2 is 1.92 bits per heavy atom. The molecule has 3 fully saturated rings. The van der Waals surface area contributed by atoms with Gasteiger partial charge in [-0.3, -0.25) is 4.79 Å². The van der Waals surface area contributed by atoms with Gasteiger partial charge in [0.25, 0.3) is 0 Å². The van der Waals surface area contributed by atoms with E-state index >= 15 is 0 Å². The minimum Gasteiger partial charge on any atom is -0.497 e. The second-order valence-corrected chi connectivity index (χ2v) is 12.2. The van der Waals surface area contributed by atoms with E-state index in [2.05, 4.69) is 53.4 Å². The maximum Gasteiger partial charge on any atom is 0.222 e. The highest BCUT2D eigenvalue weighted by atomic mass is 16.5. The summed E-state index contributed by atoms with van der Waals surface area (Å²) in [5.74, 6) is 2.11. The molecule has 0 bridgehead atoms. The number of amides is 1. The topological polar surface area (TPSA) is 53.0 Å². The van der Waals surface area contributed by atoms with Crippen molar-refractivity contribution in [3.63, 3.8) is 0 Å². The second-order valence-electron chi connectivity index (χ2n) is 12.2. The molecule has 5 nitrogen and oxygen atoms in total. The first-order chi connectivity index (χ1) is 18.5. The van der Waals surface area contributed by atoms with Crippen LogP contribution in [0.1, 0.15) is 68.9 Å². The van der Waals surface area contributed by atoms with Gasteiger partial charge >= 0.3 is 0 Å². The zero-order valence-corrected chi connectivity index (χ0v) is 23.4. The standard InChI is InChI=1S/C33H46N2O3/c1-34(32(37)15-8-4-7-12-25-10-5-3-6-11-25)28-21-31(36)30-24-35(23-26-16-17-26)19-18-33(30,22-28)27-13-9-14-29(20-27)38-2/h3,5-6,9-11,13-14,20,26,28,30-31,36H,4,7-8,12,15-19,21-24H2,1-2H3/t28-,30+,31?,33+/m1/s1. The van der Waals surface area contributed by atoms with E-state index in [1.54, 1.807) is 7.11 Å². The van der Waals surface area contributed by atoms with Crippen molar-refractivity contribution in [2.24, 2.45) is 11.8 Å². The summed E-state index contributed by atoms with van der Waals surface area (Å²) in [6.07, 6.45) is 9.65. The van der Waals surface area contributed by atoms with E-state index in [1.807, 2.05) is 18.0 Å². The summed E-state index contributed by atoms with van der Waals surface area (Å²) in [5, 5.41) is 11.6. The number of aliphatic hydroxyl groups excluding tert-OH is 1. The summed E-state index contributed by atoms with van der Waals surface area (Å²) >= 11 is 0. The molecule has 1 unspecified atom stereocenters. The summed E-state index contributed by atoms with van der Waals surface area (Å²) < 4.78 is 5.60. The third-order valence-corrected chi connectivity index (χ3v) is 9.61. The van der Waals surface area contributed by atoms with Gasteiger partial charge < -0.3 is 19.6 Å². The number of aryl methyl sites for hydroxylation is 1. The van der Waals surface area contributed by atoms with E-state index in [9.17, 15) is 9.90 Å². The highest BCUT2D eigenvalue weighted by Crippen LogP contribution is 2.51. The van der Waals surface area contributed by atoms with E-state index in [1.165, 1.54) is 30.5 Å². The van der Waals surface area contributed by atoms with Crippen LogP contribution < -0.4 is 4.74 Å². The van der Waals surface area contributed by atoms with Crippen LogP contribution in [-0.4, -0.2) is 66.8 Å². The van der Waals surface area contributed by atoms with E-state index in [0.717, 1.165) is 63.3 Å². The molecule has 1 heterocycles. The van der Waals surface area contributed by atoms with Crippen LogP contribution >= 0.6 is 0 Å². The van der Waals surface area contributed by atoms with Crippen molar-refractivity contribution in [3.05, 3.63) is 65.7 Å². The highest BCUT2D eigenvalue weighted by Gasteiger charge is 2.53. The van der Waals surface area contributed by atoms with Crippen molar-refractivity contribution >= 4 is 5.91 Å². The van der Waals surface area contributed by atoms with Crippen LogP contribution in [0.2, 0.25) is 0 Å². The lowest BCUT2D eigenvalue weighted by Gasteiger charge is -2.56. The highest BCUT2D eigenvalue weighted by molar-refractivity contribution is 5.76. The van der Waals surface area contributed by atoms with Crippen molar-refractivity contribution in [3.8, 4) is 5.75 Å². The number of likely N-dealkylation sites (tertiary alicyclic amines) is 1. The first-order valence-corrected chi connectivity index (χ1v) is 14.8. The molecule has 2 aliphatic carbocycles. The van der Waals surface area contributed by atoms with Crippen molar-refractivity contribution in [2.75, 3.05) is 33.8 Å². The Morgan fingerprint density at radius 3 is 2.68 bits per heavy atom. The largest absolute Gasteiger partial charge is 0.497 e. The molecule has 1 N–H and O–H groups in total. The fourth-order valence-corrected chi connectivity index (χ4v) is 7.12. The molecule has 1 saturated heterocycles. The van der Waals surface area contributed by atoms with Gasteiger partial charge in [0.05, 0.1) is 13.2 Å². The first kappa shape index (κ1) is 27.2. The zero-order valence-electron chi connectivity index (χ0n) is 23.4. The number of carbonyl (C=O) groups excluding carboxylic acids is 1. The van der Waals surface area contributed by atoms with Gasteiger partial charge in [0.1, 0.15) is 5.75 Å². The molecule has 0 radical (unpaired) electrons. The molecule has 2 aromatic rings. The van der Waals surface area contributed by atoms with Crippen molar-refractivity contribution < 1.29 is 14.6 Å². The number of rotatable bonds is 11. The van der Waals surface area contributed by atoms with Crippen molar-refractivity contribution in [1.82, 2.24) is 9.80 Å². The third-order valence-electron chi connectivity index (χ3n) is 9.61. The van der Waals surface area contributed by atoms with E-state index < -0.39 is 6.10 Å². The molecule has 5 heteroatoms. The number of piperidine rings is 1. The summed E-state index contributed by atoms with van der Waals surface area (Å²) in [7, 11) is 3.68. The SMILES string of the molecule is COc1cccc([C@@]23CCN(CC4CC4)C[C@H]2C(O)C[C@@H](N(C)C(=O)CCCCCc2ccccc2)C3)c1. The predicted molar refractivity (Wildman–Crippen MR) is 152 cm³/mol. The number of hydrogen-bond donors (Lipinski definition) is 1. The fourth-order valence-electron chi connectivity index (χ4n) is 7.12. The number of hydrogen-bond acceptors (Lipinski definition) is 4. The predicted octanol–water partition coefficient (Wildman–Crippen LogP) is 5.45. The van der Waals surface area contributed by atoms with Gasteiger partial charge in [0.15, 0.2) is 0 Å². The smallest absolute Gasteiger partial charge is 0.222 e. The third kappa shape index (κ3) is 6.26. The van der Waals surface area contributed by atoms with Gasteiger partial charge in [-0.25, -0.2) is 0 Å². The Balaban J connectivity index is 1.24. The maximum atomic E-state index is 13.3. The van der Waals surface area contributed by atoms with E-state index in [-0.39, 0.29) is 23.3 Å². The van der Waals surface area contributed by atoms with Crippen LogP contribution in [0.3, 0.4) is 0 Å². The number of unbranched alkanes of at least 4 members (excludes halogenated alkanes) is 2. The van der Waals surface area contributed by atoms with Crippen LogP contribution in [0.15, 0.2) is 54.6 Å². The molecular formula is C33H46N2O3. The molecular weight excluding hydrogens is 472 g/mol. The van der Waals surface area contributed by atoms with Crippen LogP contribution in [0.5, 0.6) is 5.75 Å². The molecule has 4 atom stereocenters. The summed E-state index contributed by atoms with van der Waals surface area (Å²) in [6.45, 7) is 3.17. The van der Waals surface area contributed by atoms with Crippen LogP contribution in [0.4, 0.5) is 0 Å². The number of nitrogens with zero attached hydrogens (tertiary/aromatic N) is 2. The molecule has 2 saturated carbocycles. The number of aliphatic hydroxyl groups is 1. The average Bonchev–Trinajstić information content (AvgIpc) is 3.77. The van der Waals surface area contributed by atoms with Gasteiger partial charge in [0, 0.05) is 43.9 Å². The Kier molecular flexibility index (Phi) is 8.74. The lowest BCUT2D eigenvalue weighted by atomic mass is 9.56.